The van der Waals surface area contributed by atoms with E-state index in [1.165, 1.54) is 115 Å². The average molecular weight is 814 g/mol. The normalized spacial score (nSPS) is 11.5. The third-order valence-corrected chi connectivity index (χ3v) is 13.1. The van der Waals surface area contributed by atoms with Gasteiger partial charge in [0.15, 0.2) is 0 Å². The maximum Gasteiger partial charge on any atom is 0.0384 e. The second kappa shape index (κ2) is 15.6. The fourth-order valence-corrected chi connectivity index (χ4v) is 10.0. The first kappa shape index (κ1) is 37.5. The second-order valence-corrected chi connectivity index (χ2v) is 17.0. The van der Waals surface area contributed by atoms with Crippen LogP contribution >= 0.6 is 0 Å². The Kier molecular flexibility index (Phi) is 9.13. The van der Waals surface area contributed by atoms with Gasteiger partial charge in [-0.2, -0.15) is 0 Å². The van der Waals surface area contributed by atoms with E-state index in [1.807, 2.05) is 0 Å². The summed E-state index contributed by atoms with van der Waals surface area (Å²) >= 11 is 0. The molecule has 0 fully saturated rings. The molecule has 0 aromatic heterocycles. The first-order valence-electron chi connectivity index (χ1n) is 22.2. The molecule has 12 rings (SSSR count). The number of fused-ring (bicyclic) bond motifs is 5. The van der Waals surface area contributed by atoms with Crippen LogP contribution in [0.3, 0.4) is 0 Å². The number of hydrogen-bond donors (Lipinski definition) is 1. The summed E-state index contributed by atoms with van der Waals surface area (Å²) in [6.07, 6.45) is 0. The molecule has 0 aliphatic heterocycles. The molecule has 0 radical (unpaired) electrons. The van der Waals surface area contributed by atoms with Crippen LogP contribution in [0.4, 0.5) is 11.4 Å². The molecule has 0 aliphatic carbocycles. The van der Waals surface area contributed by atoms with Gasteiger partial charge in [0.2, 0.25) is 0 Å². The van der Waals surface area contributed by atoms with E-state index in [1.54, 1.807) is 0 Å². The average Bonchev–Trinajstić information content (AvgIpc) is 3.36. The van der Waals surface area contributed by atoms with Crippen LogP contribution in [0.15, 0.2) is 237 Å². The molecule has 1 N–H and O–H groups in total. The summed E-state index contributed by atoms with van der Waals surface area (Å²) in [5.41, 5.74) is 15.8. The Hall–Kier alpha value is -8.26. The summed E-state index contributed by atoms with van der Waals surface area (Å²) < 4.78 is 0. The number of aryl methyl sites for hydroxylation is 1. The molecule has 0 unspecified atom stereocenters. The predicted molar refractivity (Wildman–Crippen MR) is 276 cm³/mol. The largest absolute Gasteiger partial charge is 0.356 e. The van der Waals surface area contributed by atoms with Crippen molar-refractivity contribution in [3.63, 3.8) is 0 Å². The highest BCUT2D eigenvalue weighted by Crippen LogP contribution is 2.46. The molecule has 0 saturated heterocycles. The summed E-state index contributed by atoms with van der Waals surface area (Å²) in [5.74, 6) is 0. The monoisotopic (exact) mass is 813 g/mol. The smallest absolute Gasteiger partial charge is 0.0384 e. The SMILES string of the molecule is Cc1ccc(-c2c3ccccc3c(-c3ccc(-c4ccc(Nc5ccc(-c6c7ccccc7c(-c7ccc8ccccc8c7)c7ccccc67)cc5)cc4)cc3)c3ccccc23)cc1. The lowest BCUT2D eigenvalue weighted by Crippen LogP contribution is -1.92. The number of benzene rings is 12. The lowest BCUT2D eigenvalue weighted by molar-refractivity contribution is 1.47. The van der Waals surface area contributed by atoms with Crippen LogP contribution in [-0.4, -0.2) is 0 Å². The summed E-state index contributed by atoms with van der Waals surface area (Å²) in [6.45, 7) is 2.15. The highest BCUT2D eigenvalue weighted by atomic mass is 14.9. The van der Waals surface area contributed by atoms with Gasteiger partial charge in [-0.15, -0.1) is 0 Å². The Morgan fingerprint density at radius 1 is 0.234 bits per heavy atom. The van der Waals surface area contributed by atoms with Crippen molar-refractivity contribution in [2.24, 2.45) is 0 Å². The van der Waals surface area contributed by atoms with Crippen molar-refractivity contribution in [1.82, 2.24) is 0 Å². The van der Waals surface area contributed by atoms with Gasteiger partial charge in [0.05, 0.1) is 0 Å². The van der Waals surface area contributed by atoms with Crippen LogP contribution in [0, 0.1) is 6.92 Å². The van der Waals surface area contributed by atoms with Crippen LogP contribution in [-0.2, 0) is 0 Å². The zero-order chi connectivity index (χ0) is 42.6. The Labute approximate surface area is 373 Å². The molecular weight excluding hydrogens is 771 g/mol. The molecule has 0 amide bonds. The van der Waals surface area contributed by atoms with E-state index in [9.17, 15) is 0 Å². The second-order valence-electron chi connectivity index (χ2n) is 17.0. The zero-order valence-electron chi connectivity index (χ0n) is 35.5. The molecule has 1 nitrogen and oxygen atoms in total. The van der Waals surface area contributed by atoms with Crippen LogP contribution in [0.1, 0.15) is 5.56 Å². The minimum Gasteiger partial charge on any atom is -0.356 e. The van der Waals surface area contributed by atoms with Gasteiger partial charge in [0, 0.05) is 11.4 Å². The first-order valence-corrected chi connectivity index (χ1v) is 22.2. The van der Waals surface area contributed by atoms with Crippen molar-refractivity contribution < 1.29 is 0 Å². The fraction of sp³-hybridized carbons (Fsp3) is 0.0159. The molecule has 300 valence electrons. The van der Waals surface area contributed by atoms with Gasteiger partial charge < -0.3 is 5.32 Å². The lowest BCUT2D eigenvalue weighted by atomic mass is 9.85. The van der Waals surface area contributed by atoms with Gasteiger partial charge in [-0.1, -0.05) is 212 Å². The number of rotatable bonds is 7. The van der Waals surface area contributed by atoms with Crippen LogP contribution in [0.2, 0.25) is 0 Å². The molecule has 12 aromatic rings. The summed E-state index contributed by atoms with van der Waals surface area (Å²) in [6, 6.07) is 86.6. The van der Waals surface area contributed by atoms with Crippen molar-refractivity contribution in [2.45, 2.75) is 6.92 Å². The van der Waals surface area contributed by atoms with Gasteiger partial charge in [-0.05, 0) is 147 Å². The van der Waals surface area contributed by atoms with Crippen molar-refractivity contribution in [3.8, 4) is 55.6 Å². The minimum atomic E-state index is 1.05. The molecule has 0 spiro atoms. The maximum atomic E-state index is 3.66. The highest BCUT2D eigenvalue weighted by molar-refractivity contribution is 6.23. The summed E-state index contributed by atoms with van der Waals surface area (Å²) in [5, 5.41) is 16.3. The third kappa shape index (κ3) is 6.49. The number of anilines is 2. The Morgan fingerprint density at radius 2 is 0.516 bits per heavy atom. The third-order valence-electron chi connectivity index (χ3n) is 13.1. The van der Waals surface area contributed by atoms with Gasteiger partial charge in [-0.25, -0.2) is 0 Å². The Balaban J connectivity index is 0.831. The van der Waals surface area contributed by atoms with Crippen molar-refractivity contribution in [1.29, 1.82) is 0 Å². The number of nitrogens with one attached hydrogen (secondary N) is 1. The van der Waals surface area contributed by atoms with Gasteiger partial charge in [-0.3, -0.25) is 0 Å². The van der Waals surface area contributed by atoms with Crippen LogP contribution in [0.5, 0.6) is 0 Å². The molecule has 0 bridgehead atoms. The highest BCUT2D eigenvalue weighted by Gasteiger charge is 2.18. The molecular formula is C63H43N. The van der Waals surface area contributed by atoms with E-state index in [-0.39, 0.29) is 0 Å². The predicted octanol–water partition coefficient (Wildman–Crippen LogP) is 17.8. The van der Waals surface area contributed by atoms with E-state index in [0.29, 0.717) is 0 Å². The van der Waals surface area contributed by atoms with E-state index in [4.69, 9.17) is 0 Å². The van der Waals surface area contributed by atoms with Crippen molar-refractivity contribution in [2.75, 3.05) is 5.32 Å². The topological polar surface area (TPSA) is 12.0 Å². The van der Waals surface area contributed by atoms with Gasteiger partial charge in [0.25, 0.3) is 0 Å². The molecule has 1 heteroatoms. The van der Waals surface area contributed by atoms with E-state index >= 15 is 0 Å². The minimum absolute atomic E-state index is 1.05. The first-order chi connectivity index (χ1) is 31.6. The number of hydrogen-bond acceptors (Lipinski definition) is 1. The van der Waals surface area contributed by atoms with E-state index < -0.39 is 0 Å². The van der Waals surface area contributed by atoms with Crippen LogP contribution < -0.4 is 5.32 Å². The van der Waals surface area contributed by atoms with Crippen molar-refractivity contribution >= 4 is 65.2 Å². The van der Waals surface area contributed by atoms with Gasteiger partial charge in [0.1, 0.15) is 0 Å². The summed E-state index contributed by atoms with van der Waals surface area (Å²) in [7, 11) is 0. The Bertz CT molecular complexity index is 3600. The van der Waals surface area contributed by atoms with E-state index in [2.05, 4.69) is 249 Å². The molecule has 0 saturated carbocycles. The van der Waals surface area contributed by atoms with Crippen molar-refractivity contribution in [3.05, 3.63) is 242 Å². The molecule has 12 aromatic carbocycles. The maximum absolute atomic E-state index is 3.66. The van der Waals surface area contributed by atoms with Crippen LogP contribution in [0.25, 0.3) is 109 Å². The summed E-state index contributed by atoms with van der Waals surface area (Å²) in [4.78, 5) is 0. The van der Waals surface area contributed by atoms with Gasteiger partial charge >= 0.3 is 0 Å². The molecule has 0 atom stereocenters. The molecule has 0 heterocycles. The molecule has 64 heavy (non-hydrogen) atoms. The fourth-order valence-electron chi connectivity index (χ4n) is 10.0. The quantitative estimate of drug-likeness (QED) is 0.158. The Morgan fingerprint density at radius 3 is 0.922 bits per heavy atom. The van der Waals surface area contributed by atoms with E-state index in [0.717, 1.165) is 11.4 Å². The standard InChI is InChI=1S/C63H43N/c1-41-22-24-45(25-23-41)60-52-14-4-6-16-54(52)61(55-17-7-5-15-53(55)60)46-29-26-43(27-30-46)44-32-36-50(37-33-44)64-51-38-34-47(35-39-51)62-56-18-8-10-20-58(56)63(59-21-11-9-19-57(59)62)49-31-28-42-12-2-3-13-48(42)40-49/h2-40,64H,1H3. The zero-order valence-corrected chi connectivity index (χ0v) is 35.5. The lowest BCUT2D eigenvalue weighted by Gasteiger charge is -2.18. The molecule has 0 aliphatic rings.